The van der Waals surface area contributed by atoms with Gasteiger partial charge in [0.2, 0.25) is 10.0 Å². The Morgan fingerprint density at radius 2 is 2.05 bits per heavy atom. The Kier molecular flexibility index (Phi) is 5.05. The minimum atomic E-state index is -3.60. The fraction of sp³-hybridized carbons (Fsp3) is 0.500. The second-order valence-electron chi connectivity index (χ2n) is 5.30. The van der Waals surface area contributed by atoms with Gasteiger partial charge in [-0.05, 0) is 46.1 Å². The summed E-state index contributed by atoms with van der Waals surface area (Å²) in [6, 6.07) is 4.47. The van der Waals surface area contributed by atoms with Gasteiger partial charge in [-0.25, -0.2) is 17.9 Å². The molecule has 1 N–H and O–H groups in total. The Morgan fingerprint density at radius 1 is 1.32 bits per heavy atom. The van der Waals surface area contributed by atoms with Crippen LogP contribution in [-0.2, 0) is 16.6 Å². The van der Waals surface area contributed by atoms with E-state index < -0.39 is 15.8 Å². The van der Waals surface area contributed by atoms with Crippen molar-refractivity contribution in [3.8, 4) is 0 Å². The van der Waals surface area contributed by atoms with E-state index in [9.17, 15) is 13.2 Å². The molecule has 0 amide bonds. The maximum atomic E-state index is 12.2. The second kappa shape index (κ2) is 6.64. The number of nitrogens with one attached hydrogen (secondary N) is 1. The van der Waals surface area contributed by atoms with E-state index in [1.807, 2.05) is 25.9 Å². The molecule has 0 aliphatic heterocycles. The van der Waals surface area contributed by atoms with Gasteiger partial charge in [-0.15, -0.1) is 0 Å². The molecule has 0 spiro atoms. The first-order chi connectivity index (χ1) is 10.3. The lowest BCUT2D eigenvalue weighted by atomic mass is 10.3. The lowest BCUT2D eigenvalue weighted by Gasteiger charge is -2.10. The number of fused-ring (bicyclic) bond motifs is 1. The normalized spacial score (nSPS) is 12.4. The molecule has 22 heavy (non-hydrogen) atoms. The van der Waals surface area contributed by atoms with Crippen molar-refractivity contribution in [3.05, 3.63) is 28.7 Å². The first-order valence-electron chi connectivity index (χ1n) is 7.13. The highest BCUT2D eigenvalue weighted by Gasteiger charge is 2.16. The largest absolute Gasteiger partial charge is 0.419 e. The molecule has 1 aromatic heterocycles. The zero-order valence-corrected chi connectivity index (χ0v) is 13.8. The minimum absolute atomic E-state index is 0.0989. The number of aromatic nitrogens is 1. The zero-order valence-electron chi connectivity index (χ0n) is 13.0. The van der Waals surface area contributed by atoms with Gasteiger partial charge in [0, 0.05) is 19.2 Å². The van der Waals surface area contributed by atoms with Crippen LogP contribution >= 0.6 is 0 Å². The molecule has 0 unspecified atom stereocenters. The van der Waals surface area contributed by atoms with Crippen molar-refractivity contribution in [3.63, 3.8) is 0 Å². The molecule has 0 saturated carbocycles. The first kappa shape index (κ1) is 16.7. The highest BCUT2D eigenvalue weighted by molar-refractivity contribution is 7.89. The molecule has 2 aromatic rings. The van der Waals surface area contributed by atoms with Crippen LogP contribution in [0.15, 0.2) is 32.3 Å². The van der Waals surface area contributed by atoms with Crippen LogP contribution in [0.25, 0.3) is 11.1 Å². The summed E-state index contributed by atoms with van der Waals surface area (Å²) in [4.78, 5) is 13.7. The number of rotatable bonds is 7. The summed E-state index contributed by atoms with van der Waals surface area (Å²) in [6.45, 7) is 3.46. The number of hydrogen-bond acceptors (Lipinski definition) is 5. The van der Waals surface area contributed by atoms with E-state index >= 15 is 0 Å². The number of oxazole rings is 1. The Balaban J connectivity index is 2.21. The lowest BCUT2D eigenvalue weighted by Crippen LogP contribution is -2.27. The summed E-state index contributed by atoms with van der Waals surface area (Å²) >= 11 is 0. The van der Waals surface area contributed by atoms with E-state index in [-0.39, 0.29) is 10.5 Å². The van der Waals surface area contributed by atoms with Gasteiger partial charge in [0.1, 0.15) is 0 Å². The molecule has 0 aliphatic rings. The van der Waals surface area contributed by atoms with E-state index in [0.29, 0.717) is 18.6 Å². The third-order valence-electron chi connectivity index (χ3n) is 3.34. The number of sulfonamides is 1. The van der Waals surface area contributed by atoms with E-state index in [4.69, 9.17) is 4.42 Å². The highest BCUT2D eigenvalue weighted by Crippen LogP contribution is 2.18. The molecule has 8 heteroatoms. The van der Waals surface area contributed by atoms with Crippen molar-refractivity contribution < 1.29 is 12.8 Å². The molecule has 0 fully saturated rings. The predicted octanol–water partition coefficient (Wildman–Crippen LogP) is 0.844. The molecule has 1 aromatic carbocycles. The van der Waals surface area contributed by atoms with Crippen molar-refractivity contribution in [2.24, 2.45) is 0 Å². The number of nitrogens with zero attached hydrogens (tertiary/aromatic N) is 2. The Labute approximate surface area is 129 Å². The summed E-state index contributed by atoms with van der Waals surface area (Å²) < 4.78 is 33.6. The Bertz CT molecular complexity index is 805. The fourth-order valence-electron chi connectivity index (χ4n) is 2.20. The monoisotopic (exact) mass is 327 g/mol. The molecule has 2 rings (SSSR count). The van der Waals surface area contributed by atoms with Crippen molar-refractivity contribution in [2.45, 2.75) is 24.8 Å². The standard InChI is InChI=1S/C14H21N3O4S/c1-4-17-12-7-6-11(10-13(12)21-14(17)18)22(19,20)15-8-5-9-16(2)3/h6-7,10,15H,4-5,8-9H2,1-3H3. The van der Waals surface area contributed by atoms with Crippen molar-refractivity contribution >= 4 is 21.1 Å². The van der Waals surface area contributed by atoms with Crippen LogP contribution in [0.5, 0.6) is 0 Å². The quantitative estimate of drug-likeness (QED) is 0.762. The smallest absolute Gasteiger partial charge is 0.408 e. The van der Waals surface area contributed by atoms with Gasteiger partial charge in [-0.3, -0.25) is 4.57 Å². The molecular weight excluding hydrogens is 306 g/mol. The average Bonchev–Trinajstić information content (AvgIpc) is 2.77. The molecule has 0 bridgehead atoms. The maximum absolute atomic E-state index is 12.2. The number of aryl methyl sites for hydroxylation is 1. The van der Waals surface area contributed by atoms with E-state index in [1.54, 1.807) is 6.07 Å². The van der Waals surface area contributed by atoms with Gasteiger partial charge >= 0.3 is 5.76 Å². The highest BCUT2D eigenvalue weighted by atomic mass is 32.2. The first-order valence-corrected chi connectivity index (χ1v) is 8.61. The van der Waals surface area contributed by atoms with E-state index in [1.165, 1.54) is 16.7 Å². The van der Waals surface area contributed by atoms with Crippen LogP contribution in [-0.4, -0.2) is 45.1 Å². The lowest BCUT2D eigenvalue weighted by molar-refractivity contribution is 0.400. The summed E-state index contributed by atoms with van der Waals surface area (Å²) in [5, 5.41) is 0. The average molecular weight is 327 g/mol. The van der Waals surface area contributed by atoms with Crippen LogP contribution in [0.3, 0.4) is 0 Å². The minimum Gasteiger partial charge on any atom is -0.408 e. The molecule has 0 radical (unpaired) electrons. The molecule has 0 aliphatic carbocycles. The molecule has 0 saturated heterocycles. The topological polar surface area (TPSA) is 84.5 Å². The summed E-state index contributed by atoms with van der Waals surface area (Å²) in [6.07, 6.45) is 0.718. The van der Waals surface area contributed by atoms with Gasteiger partial charge in [0.25, 0.3) is 0 Å². The fourth-order valence-corrected chi connectivity index (χ4v) is 3.29. The molecule has 7 nitrogen and oxygen atoms in total. The molecule has 0 atom stereocenters. The third kappa shape index (κ3) is 3.57. The third-order valence-corrected chi connectivity index (χ3v) is 4.80. The summed E-state index contributed by atoms with van der Waals surface area (Å²) in [7, 11) is 0.267. The van der Waals surface area contributed by atoms with Gasteiger partial charge in [-0.1, -0.05) is 0 Å². The second-order valence-corrected chi connectivity index (χ2v) is 7.06. The van der Waals surface area contributed by atoms with Gasteiger partial charge in [0.05, 0.1) is 10.4 Å². The SMILES string of the molecule is CCn1c(=O)oc2cc(S(=O)(=O)NCCCN(C)C)ccc21. The van der Waals surface area contributed by atoms with Gasteiger partial charge in [-0.2, -0.15) is 0 Å². The van der Waals surface area contributed by atoms with Crippen molar-refractivity contribution in [2.75, 3.05) is 27.2 Å². The predicted molar refractivity (Wildman–Crippen MR) is 84.5 cm³/mol. The molecular formula is C14H21N3O4S. The van der Waals surface area contributed by atoms with Crippen LogP contribution in [0, 0.1) is 0 Å². The summed E-state index contributed by atoms with van der Waals surface area (Å²) in [5.41, 5.74) is 0.877. The van der Waals surface area contributed by atoms with Crippen LogP contribution in [0.4, 0.5) is 0 Å². The van der Waals surface area contributed by atoms with E-state index in [0.717, 1.165) is 13.0 Å². The van der Waals surface area contributed by atoms with Crippen LogP contribution < -0.4 is 10.5 Å². The van der Waals surface area contributed by atoms with Crippen LogP contribution in [0.2, 0.25) is 0 Å². The summed E-state index contributed by atoms with van der Waals surface area (Å²) in [5.74, 6) is -0.481. The number of hydrogen-bond donors (Lipinski definition) is 1. The van der Waals surface area contributed by atoms with Crippen molar-refractivity contribution in [1.29, 1.82) is 0 Å². The van der Waals surface area contributed by atoms with Gasteiger partial charge in [0.15, 0.2) is 5.58 Å². The Hall–Kier alpha value is -1.64. The van der Waals surface area contributed by atoms with Gasteiger partial charge < -0.3 is 9.32 Å². The zero-order chi connectivity index (χ0) is 16.3. The Morgan fingerprint density at radius 3 is 2.68 bits per heavy atom. The molecule has 122 valence electrons. The molecule has 1 heterocycles. The maximum Gasteiger partial charge on any atom is 0.419 e. The van der Waals surface area contributed by atoms with Crippen LogP contribution in [0.1, 0.15) is 13.3 Å². The van der Waals surface area contributed by atoms with E-state index in [2.05, 4.69) is 4.72 Å². The van der Waals surface area contributed by atoms with Crippen molar-refractivity contribution in [1.82, 2.24) is 14.2 Å². The number of benzene rings is 1.